The first kappa shape index (κ1) is 20.8. The Bertz CT molecular complexity index is 905. The molecule has 3 rings (SSSR count). The minimum atomic E-state index is -5.25. The van der Waals surface area contributed by atoms with Crippen LogP contribution in [0.4, 0.5) is 17.6 Å². The van der Waals surface area contributed by atoms with Crippen molar-refractivity contribution in [2.24, 2.45) is 0 Å². The maximum Gasteiger partial charge on any atom is 0.524 e. The number of carbonyl (C=O) groups excluding carboxylic acids is 1. The van der Waals surface area contributed by atoms with Crippen molar-refractivity contribution in [3.63, 3.8) is 0 Å². The summed E-state index contributed by atoms with van der Waals surface area (Å²) in [6.45, 7) is 0. The Morgan fingerprint density at radius 3 is 2.38 bits per heavy atom. The SMILES string of the molecule is O=C(O)C1=C(C(=O)NC2(OC(F)(F)F)C=CC(c3ccccc3)=CC2F)CCC1. The van der Waals surface area contributed by atoms with Gasteiger partial charge in [-0.2, -0.15) is 0 Å². The van der Waals surface area contributed by atoms with E-state index in [1.807, 2.05) is 5.32 Å². The number of rotatable bonds is 5. The summed E-state index contributed by atoms with van der Waals surface area (Å²) in [5.41, 5.74) is -2.32. The molecule has 0 spiro atoms. The van der Waals surface area contributed by atoms with Gasteiger partial charge >= 0.3 is 12.3 Å². The van der Waals surface area contributed by atoms with E-state index in [1.54, 1.807) is 30.3 Å². The molecule has 0 fully saturated rings. The summed E-state index contributed by atoms with van der Waals surface area (Å²) in [6.07, 6.45) is -4.14. The molecule has 154 valence electrons. The second-order valence-corrected chi connectivity index (χ2v) is 6.63. The van der Waals surface area contributed by atoms with Crippen LogP contribution in [-0.4, -0.2) is 35.2 Å². The molecule has 0 heterocycles. The molecule has 0 aromatic heterocycles. The lowest BCUT2D eigenvalue weighted by atomic mass is 9.93. The summed E-state index contributed by atoms with van der Waals surface area (Å²) >= 11 is 0. The Morgan fingerprint density at radius 2 is 1.79 bits per heavy atom. The number of benzene rings is 1. The fourth-order valence-corrected chi connectivity index (χ4v) is 3.37. The van der Waals surface area contributed by atoms with Crippen molar-refractivity contribution in [2.75, 3.05) is 0 Å². The molecule has 0 saturated carbocycles. The normalized spacial score (nSPS) is 24.4. The van der Waals surface area contributed by atoms with E-state index in [4.69, 9.17) is 5.11 Å². The van der Waals surface area contributed by atoms with Crippen LogP contribution in [0.15, 0.2) is 59.7 Å². The van der Waals surface area contributed by atoms with Crippen LogP contribution in [0.25, 0.3) is 5.57 Å². The van der Waals surface area contributed by atoms with Crippen molar-refractivity contribution < 1.29 is 37.0 Å². The van der Waals surface area contributed by atoms with Crippen LogP contribution >= 0.6 is 0 Å². The molecule has 1 aromatic carbocycles. The molecule has 2 N–H and O–H groups in total. The number of aliphatic carboxylic acids is 1. The number of carboxylic acids is 1. The Balaban J connectivity index is 1.93. The standard InChI is InChI=1S/C20H17F4NO4/c21-16-11-13(12-5-2-1-3-6-12)9-10-19(16,29-20(22,23)24)25-17(26)14-7-4-8-15(14)18(27)28/h1-3,5-6,9-11,16H,4,7-8H2,(H,25,26)(H,27,28). The first-order valence-electron chi connectivity index (χ1n) is 8.76. The number of hydrogen-bond acceptors (Lipinski definition) is 3. The zero-order valence-corrected chi connectivity index (χ0v) is 15.0. The average molecular weight is 411 g/mol. The molecule has 2 aliphatic carbocycles. The lowest BCUT2D eigenvalue weighted by Crippen LogP contribution is -2.58. The van der Waals surface area contributed by atoms with E-state index < -0.39 is 30.1 Å². The number of allylic oxidation sites excluding steroid dienone is 2. The number of amides is 1. The second-order valence-electron chi connectivity index (χ2n) is 6.63. The quantitative estimate of drug-likeness (QED) is 0.570. The van der Waals surface area contributed by atoms with Gasteiger partial charge in [-0.25, -0.2) is 9.18 Å². The van der Waals surface area contributed by atoms with Gasteiger partial charge in [-0.15, -0.1) is 13.2 Å². The van der Waals surface area contributed by atoms with Gasteiger partial charge in [0.15, 0.2) is 6.17 Å². The molecule has 0 bridgehead atoms. The van der Waals surface area contributed by atoms with Gasteiger partial charge in [0.2, 0.25) is 11.6 Å². The number of alkyl halides is 4. The molecule has 2 aliphatic rings. The molecule has 2 atom stereocenters. The lowest BCUT2D eigenvalue weighted by molar-refractivity contribution is -0.367. The van der Waals surface area contributed by atoms with Crippen LogP contribution in [0.5, 0.6) is 0 Å². The highest BCUT2D eigenvalue weighted by molar-refractivity contribution is 6.03. The zero-order chi connectivity index (χ0) is 21.2. The molecular weight excluding hydrogens is 394 g/mol. The number of nitrogens with one attached hydrogen (secondary N) is 1. The van der Waals surface area contributed by atoms with Gasteiger partial charge in [-0.1, -0.05) is 36.4 Å². The summed E-state index contributed by atoms with van der Waals surface area (Å²) in [5.74, 6) is -2.44. The maximum atomic E-state index is 15.0. The number of ether oxygens (including phenoxy) is 1. The molecule has 9 heteroatoms. The van der Waals surface area contributed by atoms with E-state index in [-0.39, 0.29) is 24.0 Å². The highest BCUT2D eigenvalue weighted by Gasteiger charge is 2.50. The van der Waals surface area contributed by atoms with E-state index >= 15 is 0 Å². The molecule has 0 saturated heterocycles. The van der Waals surface area contributed by atoms with Crippen molar-refractivity contribution in [1.29, 1.82) is 0 Å². The van der Waals surface area contributed by atoms with E-state index in [0.717, 1.165) is 12.2 Å². The third-order valence-electron chi connectivity index (χ3n) is 4.70. The summed E-state index contributed by atoms with van der Waals surface area (Å²) in [5, 5.41) is 11.1. The molecule has 29 heavy (non-hydrogen) atoms. The van der Waals surface area contributed by atoms with Gasteiger partial charge in [0, 0.05) is 11.1 Å². The lowest BCUT2D eigenvalue weighted by Gasteiger charge is -2.36. The average Bonchev–Trinajstić information content (AvgIpc) is 3.14. The Morgan fingerprint density at radius 1 is 1.14 bits per heavy atom. The van der Waals surface area contributed by atoms with E-state index in [1.165, 1.54) is 6.08 Å². The van der Waals surface area contributed by atoms with Crippen LogP contribution in [0, 0.1) is 0 Å². The summed E-state index contributed by atoms with van der Waals surface area (Å²) in [4.78, 5) is 23.8. The highest BCUT2D eigenvalue weighted by atomic mass is 19.4. The molecule has 2 unspecified atom stereocenters. The van der Waals surface area contributed by atoms with E-state index in [9.17, 15) is 27.2 Å². The van der Waals surface area contributed by atoms with Gasteiger partial charge in [0.1, 0.15) is 0 Å². The predicted octanol–water partition coefficient (Wildman–Crippen LogP) is 3.89. The monoisotopic (exact) mass is 411 g/mol. The van der Waals surface area contributed by atoms with Gasteiger partial charge < -0.3 is 10.4 Å². The minimum absolute atomic E-state index is 0.0708. The van der Waals surface area contributed by atoms with Crippen LogP contribution in [-0.2, 0) is 14.3 Å². The van der Waals surface area contributed by atoms with Crippen LogP contribution in [0.3, 0.4) is 0 Å². The van der Waals surface area contributed by atoms with E-state index in [2.05, 4.69) is 4.74 Å². The number of carbonyl (C=O) groups is 2. The topological polar surface area (TPSA) is 75.6 Å². The Kier molecular flexibility index (Phi) is 5.61. The fraction of sp³-hybridized carbons (Fsp3) is 0.300. The third kappa shape index (κ3) is 4.56. The summed E-state index contributed by atoms with van der Waals surface area (Å²) in [7, 11) is 0. The first-order valence-corrected chi connectivity index (χ1v) is 8.76. The van der Waals surface area contributed by atoms with Crippen LogP contribution in [0.1, 0.15) is 24.8 Å². The van der Waals surface area contributed by atoms with Gasteiger partial charge in [0.25, 0.3) is 0 Å². The molecule has 0 radical (unpaired) electrons. The van der Waals surface area contributed by atoms with Crippen molar-refractivity contribution in [1.82, 2.24) is 5.32 Å². The van der Waals surface area contributed by atoms with Crippen LogP contribution < -0.4 is 5.32 Å². The number of carboxylic acid groups (broad SMARTS) is 1. The van der Waals surface area contributed by atoms with E-state index in [0.29, 0.717) is 17.6 Å². The zero-order valence-electron chi connectivity index (χ0n) is 15.0. The summed E-state index contributed by atoms with van der Waals surface area (Å²) < 4.78 is 58.0. The highest BCUT2D eigenvalue weighted by Crippen LogP contribution is 2.36. The molecule has 1 amide bonds. The van der Waals surface area contributed by atoms with Crippen molar-refractivity contribution in [2.45, 2.75) is 37.5 Å². The third-order valence-corrected chi connectivity index (χ3v) is 4.70. The minimum Gasteiger partial charge on any atom is -0.478 e. The fourth-order valence-electron chi connectivity index (χ4n) is 3.37. The Labute approximate surface area is 163 Å². The molecular formula is C20H17F4NO4. The smallest absolute Gasteiger partial charge is 0.478 e. The maximum absolute atomic E-state index is 15.0. The molecule has 1 aromatic rings. The first-order chi connectivity index (χ1) is 13.6. The van der Waals surface area contributed by atoms with Crippen LogP contribution in [0.2, 0.25) is 0 Å². The summed E-state index contributed by atoms with van der Waals surface area (Å²) in [6, 6.07) is 8.42. The largest absolute Gasteiger partial charge is 0.524 e. The molecule has 0 aliphatic heterocycles. The van der Waals surface area contributed by atoms with Gasteiger partial charge in [0.05, 0.1) is 0 Å². The van der Waals surface area contributed by atoms with Crippen molar-refractivity contribution in [3.05, 3.63) is 65.3 Å². The number of hydrogen-bond donors (Lipinski definition) is 2. The van der Waals surface area contributed by atoms with Gasteiger partial charge in [-0.3, -0.25) is 9.53 Å². The second kappa shape index (κ2) is 7.82. The molecule has 5 nitrogen and oxygen atoms in total. The number of halogens is 4. The predicted molar refractivity (Wildman–Crippen MR) is 95.0 cm³/mol. The van der Waals surface area contributed by atoms with Gasteiger partial charge in [-0.05, 0) is 42.6 Å². The van der Waals surface area contributed by atoms with Crippen molar-refractivity contribution >= 4 is 17.4 Å². The Hall–Kier alpha value is -2.94. The van der Waals surface area contributed by atoms with Crippen molar-refractivity contribution in [3.8, 4) is 0 Å².